The SMILES string of the molecule is CCCCC/C=C\[C@@](CC)(NC(=O)[C@@H]1CCCN1C(=O)CNC(=O)OC(CN(C)S(=O)(=O)C(C)C)C(C)(C)C)C(=O)O. The summed E-state index contributed by atoms with van der Waals surface area (Å²) in [4.78, 5) is 52.4. The fourth-order valence-electron chi connectivity index (χ4n) is 4.57. The lowest BCUT2D eigenvalue weighted by Gasteiger charge is -2.33. The average Bonchev–Trinajstić information content (AvgIpc) is 3.40. The number of hydrogen-bond acceptors (Lipinski definition) is 7. The molecule has 1 aliphatic rings. The average molecular weight is 617 g/mol. The summed E-state index contributed by atoms with van der Waals surface area (Å²) >= 11 is 0. The Hall–Kier alpha value is -2.67. The minimum absolute atomic E-state index is 0.0600. The van der Waals surface area contributed by atoms with E-state index in [0.29, 0.717) is 19.3 Å². The third-order valence-corrected chi connectivity index (χ3v) is 9.80. The molecule has 1 heterocycles. The molecule has 242 valence electrons. The van der Waals surface area contributed by atoms with E-state index in [9.17, 15) is 32.7 Å². The largest absolute Gasteiger partial charge is 0.479 e. The zero-order valence-corrected chi connectivity index (χ0v) is 27.4. The molecule has 1 unspecified atom stereocenters. The van der Waals surface area contributed by atoms with Crippen molar-refractivity contribution in [1.29, 1.82) is 0 Å². The number of aliphatic carboxylic acids is 1. The highest BCUT2D eigenvalue weighted by Crippen LogP contribution is 2.25. The number of hydrogen-bond donors (Lipinski definition) is 3. The van der Waals surface area contributed by atoms with Crippen molar-refractivity contribution in [1.82, 2.24) is 19.8 Å². The van der Waals surface area contributed by atoms with E-state index in [1.807, 2.05) is 20.8 Å². The molecule has 0 radical (unpaired) electrons. The summed E-state index contributed by atoms with van der Waals surface area (Å²) in [5.41, 5.74) is -2.18. The molecule has 3 N–H and O–H groups in total. The number of carboxylic acid groups (broad SMARTS) is 1. The van der Waals surface area contributed by atoms with Crippen LogP contribution in [0.2, 0.25) is 0 Å². The van der Waals surface area contributed by atoms with Crippen LogP contribution >= 0.6 is 0 Å². The van der Waals surface area contributed by atoms with Crippen molar-refractivity contribution in [3.8, 4) is 0 Å². The number of sulfonamides is 1. The Kier molecular flexibility index (Phi) is 14.5. The van der Waals surface area contributed by atoms with Crippen LogP contribution < -0.4 is 10.6 Å². The number of nitrogens with zero attached hydrogens (tertiary/aromatic N) is 2. The Morgan fingerprint density at radius 2 is 1.79 bits per heavy atom. The normalized spacial score (nSPS) is 18.2. The zero-order chi connectivity index (χ0) is 32.3. The molecule has 1 saturated heterocycles. The maximum absolute atomic E-state index is 13.2. The number of carbonyl (C=O) groups excluding carboxylic acids is 3. The van der Waals surface area contributed by atoms with Gasteiger partial charge >= 0.3 is 12.1 Å². The number of likely N-dealkylation sites (N-methyl/N-ethyl adjacent to an activating group) is 1. The van der Waals surface area contributed by atoms with Gasteiger partial charge in [0.05, 0.1) is 11.8 Å². The molecule has 0 bridgehead atoms. The van der Waals surface area contributed by atoms with Crippen LogP contribution in [0.15, 0.2) is 12.2 Å². The minimum Gasteiger partial charge on any atom is -0.479 e. The Morgan fingerprint density at radius 1 is 1.14 bits per heavy atom. The van der Waals surface area contributed by atoms with Gasteiger partial charge in [-0.1, -0.05) is 59.6 Å². The summed E-state index contributed by atoms with van der Waals surface area (Å²) in [6.45, 7) is 12.1. The molecule has 0 aliphatic carbocycles. The Labute approximate surface area is 251 Å². The molecular weight excluding hydrogens is 564 g/mol. The van der Waals surface area contributed by atoms with Gasteiger partial charge in [0.1, 0.15) is 18.7 Å². The fourth-order valence-corrected chi connectivity index (χ4v) is 5.63. The van der Waals surface area contributed by atoms with E-state index >= 15 is 0 Å². The number of rotatable bonds is 16. The molecule has 1 rings (SSSR count). The minimum atomic E-state index is -3.57. The fraction of sp³-hybridized carbons (Fsp3) is 0.793. The van der Waals surface area contributed by atoms with Crippen molar-refractivity contribution in [2.24, 2.45) is 5.41 Å². The predicted octanol–water partition coefficient (Wildman–Crippen LogP) is 3.27. The summed E-state index contributed by atoms with van der Waals surface area (Å²) in [5.74, 6) is -2.25. The second-order valence-electron chi connectivity index (χ2n) is 12.3. The number of amides is 3. The maximum Gasteiger partial charge on any atom is 0.407 e. The molecule has 0 aromatic heterocycles. The van der Waals surface area contributed by atoms with Crippen molar-refractivity contribution in [2.45, 2.75) is 116 Å². The molecule has 1 fully saturated rings. The second-order valence-corrected chi connectivity index (χ2v) is 14.8. The molecule has 13 heteroatoms. The van der Waals surface area contributed by atoms with Gasteiger partial charge in [-0.2, -0.15) is 0 Å². The van der Waals surface area contributed by atoms with E-state index < -0.39 is 68.8 Å². The van der Waals surface area contributed by atoms with Crippen LogP contribution in [0.5, 0.6) is 0 Å². The molecule has 0 saturated carbocycles. The quantitative estimate of drug-likeness (QED) is 0.176. The lowest BCUT2D eigenvalue weighted by molar-refractivity contribution is -0.147. The summed E-state index contributed by atoms with van der Waals surface area (Å²) in [6.07, 6.45) is 6.36. The van der Waals surface area contributed by atoms with Gasteiger partial charge in [-0.15, -0.1) is 0 Å². The number of alkyl carbamates (subject to hydrolysis) is 1. The van der Waals surface area contributed by atoms with Gasteiger partial charge in [-0.3, -0.25) is 9.59 Å². The van der Waals surface area contributed by atoms with Crippen molar-refractivity contribution in [3.63, 3.8) is 0 Å². The molecular formula is C29H52N4O8S. The number of carbonyl (C=O) groups is 4. The first-order valence-corrected chi connectivity index (χ1v) is 16.3. The van der Waals surface area contributed by atoms with E-state index in [1.54, 1.807) is 26.8 Å². The third kappa shape index (κ3) is 10.6. The van der Waals surface area contributed by atoms with E-state index in [-0.39, 0.29) is 19.5 Å². The zero-order valence-electron chi connectivity index (χ0n) is 26.6. The van der Waals surface area contributed by atoms with Crippen LogP contribution in [-0.4, -0.2) is 96.2 Å². The third-order valence-electron chi connectivity index (χ3n) is 7.59. The Morgan fingerprint density at radius 3 is 2.31 bits per heavy atom. The first-order valence-electron chi connectivity index (χ1n) is 14.8. The molecule has 0 aromatic rings. The first-order chi connectivity index (χ1) is 19.4. The molecule has 0 spiro atoms. The summed E-state index contributed by atoms with van der Waals surface area (Å²) in [6, 6.07) is -0.869. The van der Waals surface area contributed by atoms with Gasteiger partial charge in [0.2, 0.25) is 21.8 Å². The standard InChI is InChI=1S/C29H52N4O8S/c1-9-11-12-13-14-17-29(10-2,26(36)37)31-25(35)22-16-15-18-33(22)24(34)19-30-27(38)41-23(28(5,6)7)20-32(8)42(39,40)21(3)4/h14,17,21-23H,9-13,15-16,18-20H2,1-8H3,(H,30,38)(H,31,35)(H,36,37)/b17-14-/t22-,23?,29+/m0/s1. The lowest BCUT2D eigenvalue weighted by Crippen LogP contribution is -2.58. The summed E-state index contributed by atoms with van der Waals surface area (Å²) in [7, 11) is -2.14. The van der Waals surface area contributed by atoms with Crippen LogP contribution in [0.3, 0.4) is 0 Å². The van der Waals surface area contributed by atoms with E-state index in [0.717, 1.165) is 23.6 Å². The molecule has 12 nitrogen and oxygen atoms in total. The molecule has 0 aromatic carbocycles. The van der Waals surface area contributed by atoms with Crippen LogP contribution in [-0.2, 0) is 29.1 Å². The molecule has 42 heavy (non-hydrogen) atoms. The monoisotopic (exact) mass is 616 g/mol. The number of allylic oxidation sites excluding steroid dienone is 1. The van der Waals surface area contributed by atoms with Crippen molar-refractivity contribution in [3.05, 3.63) is 12.2 Å². The lowest BCUT2D eigenvalue weighted by atomic mass is 9.89. The van der Waals surface area contributed by atoms with E-state index in [1.165, 1.54) is 18.0 Å². The topological polar surface area (TPSA) is 162 Å². The summed E-state index contributed by atoms with van der Waals surface area (Å²) < 4.78 is 31.7. The maximum atomic E-state index is 13.2. The van der Waals surface area contributed by atoms with Crippen molar-refractivity contribution >= 4 is 33.9 Å². The van der Waals surface area contributed by atoms with E-state index in [2.05, 4.69) is 17.6 Å². The second kappa shape index (κ2) is 16.3. The number of carboxylic acids is 1. The Bertz CT molecular complexity index is 1070. The van der Waals surface area contributed by atoms with E-state index in [4.69, 9.17) is 4.74 Å². The van der Waals surface area contributed by atoms with Gasteiger partial charge in [-0.05, 0) is 46.0 Å². The molecule has 3 atom stereocenters. The number of nitrogens with one attached hydrogen (secondary N) is 2. The summed E-state index contributed by atoms with van der Waals surface area (Å²) in [5, 5.41) is 14.4. The van der Waals surface area contributed by atoms with Gasteiger partial charge in [0.25, 0.3) is 0 Å². The smallest absolute Gasteiger partial charge is 0.407 e. The highest BCUT2D eigenvalue weighted by atomic mass is 32.2. The number of unbranched alkanes of at least 4 members (excludes halogenated alkanes) is 3. The van der Waals surface area contributed by atoms with Gasteiger partial charge < -0.3 is 25.4 Å². The van der Waals surface area contributed by atoms with Gasteiger partial charge in [0, 0.05) is 19.0 Å². The number of likely N-dealkylation sites (tertiary alicyclic amines) is 1. The predicted molar refractivity (Wildman–Crippen MR) is 161 cm³/mol. The Balaban J connectivity index is 2.87. The van der Waals surface area contributed by atoms with Gasteiger partial charge in [-0.25, -0.2) is 22.3 Å². The van der Waals surface area contributed by atoms with Crippen LogP contribution in [0.4, 0.5) is 4.79 Å². The molecule has 1 aliphatic heterocycles. The molecule has 3 amide bonds. The van der Waals surface area contributed by atoms with Gasteiger partial charge in [0.15, 0.2) is 5.54 Å². The van der Waals surface area contributed by atoms with Crippen LogP contribution in [0, 0.1) is 5.41 Å². The van der Waals surface area contributed by atoms with Crippen molar-refractivity contribution < 1.29 is 37.4 Å². The number of ether oxygens (including phenoxy) is 1. The van der Waals surface area contributed by atoms with Crippen LogP contribution in [0.1, 0.15) is 93.4 Å². The highest BCUT2D eigenvalue weighted by Gasteiger charge is 2.41. The first kappa shape index (κ1) is 37.4. The van der Waals surface area contributed by atoms with Crippen LogP contribution in [0.25, 0.3) is 0 Å². The highest BCUT2D eigenvalue weighted by molar-refractivity contribution is 7.89. The van der Waals surface area contributed by atoms with Crippen molar-refractivity contribution in [2.75, 3.05) is 26.7 Å².